The van der Waals surface area contributed by atoms with Crippen LogP contribution in [0.25, 0.3) is 16.5 Å². The van der Waals surface area contributed by atoms with Crippen molar-refractivity contribution in [1.82, 2.24) is 9.55 Å². The molecule has 1 heterocycles. The van der Waals surface area contributed by atoms with E-state index in [1.165, 1.54) is 11.8 Å². The zero-order valence-electron chi connectivity index (χ0n) is 17.1. The molecule has 0 saturated heterocycles. The molecule has 30 heavy (non-hydrogen) atoms. The third-order valence-corrected chi connectivity index (χ3v) is 6.36. The molecule has 0 aliphatic rings. The molecule has 0 radical (unpaired) electrons. The van der Waals surface area contributed by atoms with Gasteiger partial charge in [0.15, 0.2) is 10.8 Å². The SMILES string of the molecule is Cc1ccc(C(=O)[C@H](C)Sc2nccn(-c3cccc4ccccc34)c2=O)cc1C. The van der Waals surface area contributed by atoms with Crippen LogP contribution in [0.15, 0.2) is 82.9 Å². The number of aryl methyl sites for hydroxylation is 2. The molecule has 1 atom stereocenters. The molecule has 0 unspecified atom stereocenters. The molecule has 0 N–H and O–H groups in total. The number of ketones is 1. The van der Waals surface area contributed by atoms with Crippen LogP contribution in [-0.4, -0.2) is 20.6 Å². The monoisotopic (exact) mass is 414 g/mol. The van der Waals surface area contributed by atoms with Gasteiger partial charge >= 0.3 is 0 Å². The highest BCUT2D eigenvalue weighted by molar-refractivity contribution is 8.00. The Morgan fingerprint density at radius 2 is 1.77 bits per heavy atom. The van der Waals surface area contributed by atoms with Crippen molar-refractivity contribution in [3.8, 4) is 5.69 Å². The maximum Gasteiger partial charge on any atom is 0.287 e. The van der Waals surface area contributed by atoms with Crippen molar-refractivity contribution >= 4 is 28.3 Å². The first kappa shape index (κ1) is 20.1. The third kappa shape index (κ3) is 3.81. The quantitative estimate of drug-likeness (QED) is 0.326. The van der Waals surface area contributed by atoms with E-state index in [0.717, 1.165) is 27.6 Å². The predicted octanol–water partition coefficient (Wildman–Crippen LogP) is 5.37. The van der Waals surface area contributed by atoms with E-state index in [1.807, 2.05) is 81.4 Å². The zero-order chi connectivity index (χ0) is 21.3. The van der Waals surface area contributed by atoms with Crippen LogP contribution in [0.1, 0.15) is 28.4 Å². The normalized spacial score (nSPS) is 12.1. The van der Waals surface area contributed by atoms with E-state index in [1.54, 1.807) is 17.0 Å². The van der Waals surface area contributed by atoms with Crippen molar-refractivity contribution in [2.75, 3.05) is 0 Å². The number of Topliss-reactive ketones (excluding diaryl/α,β-unsaturated/α-hetero) is 1. The number of fused-ring (bicyclic) bond motifs is 1. The average Bonchev–Trinajstić information content (AvgIpc) is 2.76. The molecule has 5 heteroatoms. The molecule has 3 aromatic carbocycles. The van der Waals surface area contributed by atoms with Gasteiger partial charge in [-0.1, -0.05) is 60.3 Å². The second-order valence-corrected chi connectivity index (χ2v) is 8.66. The summed E-state index contributed by atoms with van der Waals surface area (Å²) in [6.07, 6.45) is 3.28. The van der Waals surface area contributed by atoms with E-state index >= 15 is 0 Å². The van der Waals surface area contributed by atoms with Crippen LogP contribution in [0, 0.1) is 13.8 Å². The fourth-order valence-electron chi connectivity index (χ4n) is 3.43. The van der Waals surface area contributed by atoms with E-state index in [4.69, 9.17) is 0 Å². The summed E-state index contributed by atoms with van der Waals surface area (Å²) in [7, 11) is 0. The molecule has 4 aromatic rings. The van der Waals surface area contributed by atoms with Crippen LogP contribution >= 0.6 is 11.8 Å². The first-order chi connectivity index (χ1) is 14.5. The number of hydrogen-bond acceptors (Lipinski definition) is 4. The van der Waals surface area contributed by atoms with Gasteiger partial charge in [-0.2, -0.15) is 0 Å². The van der Waals surface area contributed by atoms with Crippen molar-refractivity contribution in [2.45, 2.75) is 31.0 Å². The summed E-state index contributed by atoms with van der Waals surface area (Å²) >= 11 is 1.20. The number of aromatic nitrogens is 2. The van der Waals surface area contributed by atoms with E-state index in [2.05, 4.69) is 4.98 Å². The molecule has 4 nitrogen and oxygen atoms in total. The molecule has 0 fully saturated rings. The first-order valence-corrected chi connectivity index (χ1v) is 10.7. The van der Waals surface area contributed by atoms with Gasteiger partial charge in [-0.3, -0.25) is 14.2 Å². The summed E-state index contributed by atoms with van der Waals surface area (Å²) in [5.41, 5.74) is 3.46. The highest BCUT2D eigenvalue weighted by Gasteiger charge is 2.20. The topological polar surface area (TPSA) is 52.0 Å². The Labute approximate surface area is 179 Å². The number of hydrogen-bond donors (Lipinski definition) is 0. The fraction of sp³-hybridized carbons (Fsp3) is 0.160. The van der Waals surface area contributed by atoms with Crippen LogP contribution in [0.3, 0.4) is 0 Å². The Kier molecular flexibility index (Phi) is 5.55. The van der Waals surface area contributed by atoms with Crippen molar-refractivity contribution in [1.29, 1.82) is 0 Å². The molecule has 0 saturated carbocycles. The molecule has 0 aliphatic carbocycles. The predicted molar refractivity (Wildman–Crippen MR) is 123 cm³/mol. The van der Waals surface area contributed by atoms with Gasteiger partial charge in [0.05, 0.1) is 10.9 Å². The Hall–Kier alpha value is -3.18. The average molecular weight is 415 g/mol. The lowest BCUT2D eigenvalue weighted by molar-refractivity contribution is 0.0994. The van der Waals surface area contributed by atoms with Crippen molar-refractivity contribution in [2.24, 2.45) is 0 Å². The van der Waals surface area contributed by atoms with Crippen LogP contribution in [0.2, 0.25) is 0 Å². The van der Waals surface area contributed by atoms with E-state index < -0.39 is 5.25 Å². The van der Waals surface area contributed by atoms with E-state index in [-0.39, 0.29) is 11.3 Å². The minimum Gasteiger partial charge on any atom is -0.293 e. The van der Waals surface area contributed by atoms with Crippen LogP contribution < -0.4 is 5.56 Å². The number of rotatable bonds is 5. The molecular weight excluding hydrogens is 392 g/mol. The molecule has 0 spiro atoms. The molecule has 0 bridgehead atoms. The Morgan fingerprint density at radius 1 is 1.00 bits per heavy atom. The summed E-state index contributed by atoms with van der Waals surface area (Å²) in [4.78, 5) is 30.3. The Balaban J connectivity index is 1.67. The molecular formula is C25H22N2O2S. The molecule has 0 aliphatic heterocycles. The van der Waals surface area contributed by atoms with Crippen LogP contribution in [-0.2, 0) is 0 Å². The van der Waals surface area contributed by atoms with Crippen LogP contribution in [0.5, 0.6) is 0 Å². The van der Waals surface area contributed by atoms with Gasteiger partial charge in [0, 0.05) is 23.3 Å². The standard InChI is InChI=1S/C25H22N2O2S/c1-16-11-12-20(15-17(16)2)23(28)18(3)30-24-25(29)27(14-13-26-24)22-10-6-8-19-7-4-5-9-21(19)22/h4-15,18H,1-3H3/t18-/m0/s1. The first-order valence-electron chi connectivity index (χ1n) is 9.79. The largest absolute Gasteiger partial charge is 0.293 e. The second kappa shape index (κ2) is 8.28. The Morgan fingerprint density at radius 3 is 2.57 bits per heavy atom. The summed E-state index contributed by atoms with van der Waals surface area (Å²) in [6.45, 7) is 5.83. The highest BCUT2D eigenvalue weighted by Crippen LogP contribution is 2.24. The lowest BCUT2D eigenvalue weighted by Gasteiger charge is -2.13. The smallest absolute Gasteiger partial charge is 0.287 e. The van der Waals surface area contributed by atoms with Crippen LogP contribution in [0.4, 0.5) is 0 Å². The van der Waals surface area contributed by atoms with Gasteiger partial charge < -0.3 is 0 Å². The van der Waals surface area contributed by atoms with Gasteiger partial charge in [0.2, 0.25) is 0 Å². The van der Waals surface area contributed by atoms with Crippen molar-refractivity contribution in [3.05, 3.63) is 100 Å². The van der Waals surface area contributed by atoms with Crippen molar-refractivity contribution in [3.63, 3.8) is 0 Å². The number of benzene rings is 3. The van der Waals surface area contributed by atoms with Gasteiger partial charge in [-0.25, -0.2) is 4.98 Å². The second-order valence-electron chi connectivity index (χ2n) is 7.33. The van der Waals surface area contributed by atoms with Gasteiger partial charge in [-0.15, -0.1) is 0 Å². The van der Waals surface area contributed by atoms with E-state index in [0.29, 0.717) is 10.6 Å². The number of carbonyl (C=O) groups is 1. The highest BCUT2D eigenvalue weighted by atomic mass is 32.2. The molecule has 0 amide bonds. The Bertz CT molecular complexity index is 1300. The van der Waals surface area contributed by atoms with Gasteiger partial charge in [-0.05, 0) is 49.4 Å². The maximum atomic E-state index is 13.2. The summed E-state index contributed by atoms with van der Waals surface area (Å²) in [5, 5.41) is 1.94. The molecule has 150 valence electrons. The summed E-state index contributed by atoms with van der Waals surface area (Å²) < 4.78 is 1.60. The number of carbonyl (C=O) groups excluding carboxylic acids is 1. The number of nitrogens with zero attached hydrogens (tertiary/aromatic N) is 2. The molecule has 4 rings (SSSR count). The minimum atomic E-state index is -0.421. The van der Waals surface area contributed by atoms with Gasteiger partial charge in [0.25, 0.3) is 5.56 Å². The lowest BCUT2D eigenvalue weighted by Crippen LogP contribution is -2.23. The lowest BCUT2D eigenvalue weighted by atomic mass is 10.0. The summed E-state index contributed by atoms with van der Waals surface area (Å²) in [6, 6.07) is 19.5. The number of thioether (sulfide) groups is 1. The summed E-state index contributed by atoms with van der Waals surface area (Å²) in [5.74, 6) is -0.00939. The van der Waals surface area contributed by atoms with E-state index in [9.17, 15) is 9.59 Å². The molecule has 1 aromatic heterocycles. The zero-order valence-corrected chi connectivity index (χ0v) is 17.9. The minimum absolute atomic E-state index is 0.00939. The maximum absolute atomic E-state index is 13.2. The fourth-order valence-corrected chi connectivity index (χ4v) is 4.33. The van der Waals surface area contributed by atoms with Crippen molar-refractivity contribution < 1.29 is 4.79 Å². The van der Waals surface area contributed by atoms with Gasteiger partial charge in [0.1, 0.15) is 0 Å². The third-order valence-electron chi connectivity index (χ3n) is 5.28.